The number of hydrogen-bond donors (Lipinski definition) is 1. The van der Waals surface area contributed by atoms with Gasteiger partial charge in [-0.1, -0.05) is 18.5 Å². The molecule has 0 aromatic heterocycles. The Labute approximate surface area is 145 Å². The number of benzene rings is 1. The summed E-state index contributed by atoms with van der Waals surface area (Å²) in [5.41, 5.74) is 0.739. The number of hydrogen-bond acceptors (Lipinski definition) is 4. The summed E-state index contributed by atoms with van der Waals surface area (Å²) in [5, 5.41) is 9.51. The van der Waals surface area contributed by atoms with Crippen LogP contribution in [0.4, 0.5) is 0 Å². The molecular formula is C17H20ClNO5. The minimum atomic E-state index is -0.893. The van der Waals surface area contributed by atoms with Crippen LogP contribution >= 0.6 is 11.6 Å². The van der Waals surface area contributed by atoms with Gasteiger partial charge in [0, 0.05) is 12.6 Å². The molecular weight excluding hydrogens is 334 g/mol. The van der Waals surface area contributed by atoms with Crippen molar-refractivity contribution in [3.05, 3.63) is 22.7 Å². The van der Waals surface area contributed by atoms with Gasteiger partial charge in [0.15, 0.2) is 11.5 Å². The van der Waals surface area contributed by atoms with E-state index in [4.69, 9.17) is 26.2 Å². The number of nitrogens with zero attached hydrogens (tertiary/aromatic N) is 1. The highest BCUT2D eigenvalue weighted by Crippen LogP contribution is 2.38. The monoisotopic (exact) mass is 353 g/mol. The molecule has 1 unspecified atom stereocenters. The fourth-order valence-electron chi connectivity index (χ4n) is 2.76. The molecule has 1 fully saturated rings. The van der Waals surface area contributed by atoms with Crippen molar-refractivity contribution >= 4 is 23.5 Å². The zero-order valence-electron chi connectivity index (χ0n) is 13.5. The minimum absolute atomic E-state index is 0.0849. The Balaban J connectivity index is 1.73. The molecule has 1 amide bonds. The third-order valence-corrected chi connectivity index (χ3v) is 4.49. The predicted octanol–water partition coefficient (Wildman–Crippen LogP) is 2.37. The van der Waals surface area contributed by atoms with Crippen LogP contribution in [0.5, 0.6) is 11.5 Å². The van der Waals surface area contributed by atoms with Crippen molar-refractivity contribution in [3.8, 4) is 11.5 Å². The Bertz CT molecular complexity index is 659. The van der Waals surface area contributed by atoms with Crippen molar-refractivity contribution in [2.45, 2.75) is 32.2 Å². The number of carboxylic acids is 1. The Morgan fingerprint density at radius 2 is 2.04 bits per heavy atom. The van der Waals surface area contributed by atoms with Crippen LogP contribution in [0.2, 0.25) is 5.02 Å². The first-order chi connectivity index (χ1) is 11.5. The molecule has 1 N–H and O–H groups in total. The fraction of sp³-hybridized carbons (Fsp3) is 0.529. The van der Waals surface area contributed by atoms with E-state index in [-0.39, 0.29) is 24.9 Å². The molecule has 3 rings (SSSR count). The van der Waals surface area contributed by atoms with Gasteiger partial charge >= 0.3 is 5.97 Å². The van der Waals surface area contributed by atoms with E-state index in [1.165, 1.54) is 0 Å². The molecule has 1 atom stereocenters. The van der Waals surface area contributed by atoms with Gasteiger partial charge in [-0.2, -0.15) is 0 Å². The first-order valence-electron chi connectivity index (χ1n) is 8.06. The largest absolute Gasteiger partial charge is 0.486 e. The van der Waals surface area contributed by atoms with E-state index in [1.54, 1.807) is 24.0 Å². The molecule has 7 heteroatoms. The maximum atomic E-state index is 12.6. The van der Waals surface area contributed by atoms with Gasteiger partial charge in [-0.25, -0.2) is 0 Å². The van der Waals surface area contributed by atoms with Crippen LogP contribution in [0.1, 0.15) is 25.3 Å². The molecule has 1 aliphatic carbocycles. The third-order valence-electron chi connectivity index (χ3n) is 4.21. The van der Waals surface area contributed by atoms with Gasteiger partial charge in [0.05, 0.1) is 17.4 Å². The zero-order chi connectivity index (χ0) is 17.3. The highest BCUT2D eigenvalue weighted by Gasteiger charge is 2.34. The second-order valence-electron chi connectivity index (χ2n) is 6.30. The van der Waals surface area contributed by atoms with E-state index < -0.39 is 11.9 Å². The van der Waals surface area contributed by atoms with E-state index in [9.17, 15) is 9.59 Å². The summed E-state index contributed by atoms with van der Waals surface area (Å²) < 4.78 is 11.0. The van der Waals surface area contributed by atoms with Gasteiger partial charge < -0.3 is 19.5 Å². The molecule has 130 valence electrons. The second-order valence-corrected chi connectivity index (χ2v) is 6.70. The number of amides is 1. The van der Waals surface area contributed by atoms with Crippen LogP contribution in [-0.2, 0) is 16.0 Å². The molecule has 1 heterocycles. The first kappa shape index (κ1) is 16.9. The van der Waals surface area contributed by atoms with Crippen LogP contribution in [0.15, 0.2) is 12.1 Å². The lowest BCUT2D eigenvalue weighted by Crippen LogP contribution is -2.39. The standard InChI is InChI=1S/C17H20ClNO5/c1-10(17(21)22)9-19(12-2-3-12)15(20)8-11-6-13(18)16-14(7-11)23-4-5-24-16/h6-7,10,12H,2-5,8-9H2,1H3,(H,21,22). The number of carbonyl (C=O) groups excluding carboxylic acids is 1. The molecule has 0 saturated heterocycles. The highest BCUT2D eigenvalue weighted by molar-refractivity contribution is 6.32. The fourth-order valence-corrected chi connectivity index (χ4v) is 3.04. The van der Waals surface area contributed by atoms with E-state index >= 15 is 0 Å². The van der Waals surface area contributed by atoms with Gasteiger partial charge in [0.2, 0.25) is 5.91 Å². The second kappa shape index (κ2) is 6.89. The maximum Gasteiger partial charge on any atom is 0.308 e. The summed E-state index contributed by atoms with van der Waals surface area (Å²) in [6, 6.07) is 3.63. The average Bonchev–Trinajstić information content (AvgIpc) is 3.36. The number of aliphatic carboxylic acids is 1. The van der Waals surface area contributed by atoms with Gasteiger partial charge in [-0.15, -0.1) is 0 Å². The third kappa shape index (κ3) is 3.75. The predicted molar refractivity (Wildman–Crippen MR) is 87.7 cm³/mol. The summed E-state index contributed by atoms with van der Waals surface area (Å²) in [4.78, 5) is 25.4. The Hall–Kier alpha value is -1.95. The van der Waals surface area contributed by atoms with Crippen LogP contribution < -0.4 is 9.47 Å². The molecule has 24 heavy (non-hydrogen) atoms. The van der Waals surface area contributed by atoms with E-state index in [1.807, 2.05) is 0 Å². The normalized spacial score (nSPS) is 17.2. The van der Waals surface area contributed by atoms with Crippen molar-refractivity contribution in [1.29, 1.82) is 0 Å². The van der Waals surface area contributed by atoms with Crippen molar-refractivity contribution in [2.75, 3.05) is 19.8 Å². The van der Waals surface area contributed by atoms with E-state index in [0.717, 1.165) is 18.4 Å². The van der Waals surface area contributed by atoms with Gasteiger partial charge in [0.1, 0.15) is 13.2 Å². The quantitative estimate of drug-likeness (QED) is 0.849. The number of carbonyl (C=O) groups is 2. The van der Waals surface area contributed by atoms with Crippen molar-refractivity contribution in [2.24, 2.45) is 5.92 Å². The maximum absolute atomic E-state index is 12.6. The summed E-state index contributed by atoms with van der Waals surface area (Å²) in [5.74, 6) is -0.501. The average molecular weight is 354 g/mol. The first-order valence-corrected chi connectivity index (χ1v) is 8.44. The number of fused-ring (bicyclic) bond motifs is 1. The molecule has 1 saturated carbocycles. The Morgan fingerprint density at radius 3 is 2.71 bits per heavy atom. The van der Waals surface area contributed by atoms with Crippen LogP contribution in [-0.4, -0.2) is 47.7 Å². The van der Waals surface area contributed by atoms with Crippen molar-refractivity contribution in [3.63, 3.8) is 0 Å². The lowest BCUT2D eigenvalue weighted by atomic mass is 10.1. The summed E-state index contributed by atoms with van der Waals surface area (Å²) >= 11 is 6.20. The summed E-state index contributed by atoms with van der Waals surface area (Å²) in [7, 11) is 0. The van der Waals surface area contributed by atoms with Gasteiger partial charge in [0.25, 0.3) is 0 Å². The molecule has 0 bridgehead atoms. The molecule has 1 aliphatic heterocycles. The van der Waals surface area contributed by atoms with Crippen molar-refractivity contribution < 1.29 is 24.2 Å². The molecule has 6 nitrogen and oxygen atoms in total. The number of rotatable bonds is 6. The molecule has 2 aliphatic rings. The zero-order valence-corrected chi connectivity index (χ0v) is 14.2. The molecule has 1 aromatic rings. The van der Waals surface area contributed by atoms with E-state index in [2.05, 4.69) is 0 Å². The number of ether oxygens (including phenoxy) is 2. The molecule has 1 aromatic carbocycles. The smallest absolute Gasteiger partial charge is 0.308 e. The van der Waals surface area contributed by atoms with Crippen LogP contribution in [0.3, 0.4) is 0 Å². The lowest BCUT2D eigenvalue weighted by molar-refractivity contribution is -0.143. The van der Waals surface area contributed by atoms with Gasteiger partial charge in [-0.3, -0.25) is 9.59 Å². The van der Waals surface area contributed by atoms with Gasteiger partial charge in [-0.05, 0) is 30.5 Å². The molecule has 0 radical (unpaired) electrons. The Morgan fingerprint density at radius 1 is 1.33 bits per heavy atom. The van der Waals surface area contributed by atoms with Crippen molar-refractivity contribution in [1.82, 2.24) is 4.90 Å². The van der Waals surface area contributed by atoms with Crippen LogP contribution in [0.25, 0.3) is 0 Å². The summed E-state index contributed by atoms with van der Waals surface area (Å²) in [6.07, 6.45) is 2.03. The SMILES string of the molecule is CC(CN(C(=O)Cc1cc(Cl)c2c(c1)OCCO2)C1CC1)C(=O)O. The minimum Gasteiger partial charge on any atom is -0.486 e. The Kier molecular flexibility index (Phi) is 4.85. The topological polar surface area (TPSA) is 76.1 Å². The highest BCUT2D eigenvalue weighted by atomic mass is 35.5. The number of halogens is 1. The molecule has 0 spiro atoms. The lowest BCUT2D eigenvalue weighted by Gasteiger charge is -2.25. The van der Waals surface area contributed by atoms with Crippen LogP contribution in [0, 0.1) is 5.92 Å². The van der Waals surface area contributed by atoms with E-state index in [0.29, 0.717) is 29.7 Å². The summed E-state index contributed by atoms with van der Waals surface area (Å²) in [6.45, 7) is 2.75. The number of carboxylic acid groups (broad SMARTS) is 1.